The van der Waals surface area contributed by atoms with E-state index in [0.29, 0.717) is 5.92 Å². The molecule has 0 radical (unpaired) electrons. The number of rotatable bonds is 6. The van der Waals surface area contributed by atoms with Gasteiger partial charge >= 0.3 is 5.97 Å². The molecule has 2 aliphatic carbocycles. The van der Waals surface area contributed by atoms with Gasteiger partial charge in [0, 0.05) is 9.92 Å². The van der Waals surface area contributed by atoms with E-state index < -0.39 is 11.5 Å². The molecule has 3 nitrogen and oxygen atoms in total. The molecule has 0 aromatic heterocycles. The highest BCUT2D eigenvalue weighted by Crippen LogP contribution is 2.54. The molecule has 0 bridgehead atoms. The number of benzene rings is 2. The molecular weight excluding hydrogens is 378 g/mol. The van der Waals surface area contributed by atoms with Crippen molar-refractivity contribution in [1.82, 2.24) is 4.72 Å². The Morgan fingerprint density at radius 2 is 1.59 bits per heavy atom. The molecule has 0 heterocycles. The molecular formula is C22H24ClNO2S. The van der Waals surface area contributed by atoms with Crippen LogP contribution in [0.25, 0.3) is 11.1 Å². The molecule has 2 aromatic carbocycles. The van der Waals surface area contributed by atoms with Crippen molar-refractivity contribution in [3.8, 4) is 11.1 Å². The highest BCUT2D eigenvalue weighted by atomic mass is 35.5. The monoisotopic (exact) mass is 401 g/mol. The predicted octanol–water partition coefficient (Wildman–Crippen LogP) is 6.03. The number of nitrogens with one attached hydrogen (secondary N) is 1. The summed E-state index contributed by atoms with van der Waals surface area (Å²) in [6, 6.07) is 16.0. The Kier molecular flexibility index (Phi) is 5.49. The molecule has 27 heavy (non-hydrogen) atoms. The number of hydrogen-bond acceptors (Lipinski definition) is 3. The third-order valence-electron chi connectivity index (χ3n) is 6.00. The van der Waals surface area contributed by atoms with E-state index in [9.17, 15) is 9.90 Å². The Bertz CT molecular complexity index is 802. The number of carboxylic acids is 1. The van der Waals surface area contributed by atoms with Crippen molar-refractivity contribution in [1.29, 1.82) is 0 Å². The Morgan fingerprint density at radius 3 is 2.19 bits per heavy atom. The second kappa shape index (κ2) is 7.86. The highest BCUT2D eigenvalue weighted by molar-refractivity contribution is 7.97. The Hall–Kier alpha value is -1.49. The smallest absolute Gasteiger partial charge is 0.325 e. The summed E-state index contributed by atoms with van der Waals surface area (Å²) >= 11 is 7.39. The van der Waals surface area contributed by atoms with E-state index in [4.69, 9.17) is 11.6 Å². The van der Waals surface area contributed by atoms with Gasteiger partial charge in [-0.2, -0.15) is 0 Å². The molecule has 0 spiro atoms. The number of hydrogen-bond donors (Lipinski definition) is 2. The topological polar surface area (TPSA) is 49.3 Å². The zero-order valence-electron chi connectivity index (χ0n) is 15.2. The van der Waals surface area contributed by atoms with Crippen molar-refractivity contribution in [2.24, 2.45) is 11.8 Å². The molecule has 142 valence electrons. The van der Waals surface area contributed by atoms with Crippen LogP contribution in [-0.4, -0.2) is 16.6 Å². The third-order valence-corrected chi connectivity index (χ3v) is 7.22. The van der Waals surface area contributed by atoms with Crippen LogP contribution in [0.1, 0.15) is 38.5 Å². The van der Waals surface area contributed by atoms with Crippen LogP contribution in [0.15, 0.2) is 53.4 Å². The van der Waals surface area contributed by atoms with Gasteiger partial charge in [0.2, 0.25) is 0 Å². The maximum atomic E-state index is 11.9. The van der Waals surface area contributed by atoms with Gasteiger partial charge in [-0.15, -0.1) is 0 Å². The number of carboxylic acid groups (broad SMARTS) is 1. The van der Waals surface area contributed by atoms with Gasteiger partial charge in [0.25, 0.3) is 0 Å². The maximum absolute atomic E-state index is 11.9. The van der Waals surface area contributed by atoms with Crippen molar-refractivity contribution in [3.05, 3.63) is 53.6 Å². The maximum Gasteiger partial charge on any atom is 0.325 e. The highest BCUT2D eigenvalue weighted by Gasteiger charge is 2.63. The van der Waals surface area contributed by atoms with Crippen LogP contribution >= 0.6 is 23.5 Å². The van der Waals surface area contributed by atoms with Crippen LogP contribution in [0.2, 0.25) is 5.02 Å². The zero-order chi connectivity index (χ0) is 18.9. The predicted molar refractivity (Wildman–Crippen MR) is 111 cm³/mol. The Morgan fingerprint density at radius 1 is 1.00 bits per heavy atom. The van der Waals surface area contributed by atoms with Gasteiger partial charge in [0.05, 0.1) is 0 Å². The van der Waals surface area contributed by atoms with Gasteiger partial charge in [0.1, 0.15) is 5.54 Å². The molecule has 2 unspecified atom stereocenters. The summed E-state index contributed by atoms with van der Waals surface area (Å²) < 4.78 is 3.30. The second-order valence-corrected chi connectivity index (χ2v) is 9.04. The largest absolute Gasteiger partial charge is 0.480 e. The quantitative estimate of drug-likeness (QED) is 0.580. The lowest BCUT2D eigenvalue weighted by atomic mass is 9.84. The van der Waals surface area contributed by atoms with Gasteiger partial charge in [0.15, 0.2) is 0 Å². The lowest BCUT2D eigenvalue weighted by Gasteiger charge is -2.24. The molecule has 0 saturated heterocycles. The minimum atomic E-state index is -0.748. The second-order valence-electron chi connectivity index (χ2n) is 7.72. The van der Waals surface area contributed by atoms with E-state index in [1.165, 1.54) is 44.1 Å². The van der Waals surface area contributed by atoms with Crippen LogP contribution in [0.3, 0.4) is 0 Å². The first-order valence-corrected chi connectivity index (χ1v) is 10.8. The van der Waals surface area contributed by atoms with Crippen molar-refractivity contribution in [2.75, 3.05) is 0 Å². The summed E-state index contributed by atoms with van der Waals surface area (Å²) in [5.74, 6) is 0.134. The molecule has 2 saturated carbocycles. The standard InChI is InChI=1S/C22H24ClNO2S/c23-18-10-6-15(7-11-18)16-8-12-19(13-9-16)27-24-22(21(25)26)14-20(22)17-4-2-1-3-5-17/h6-13,17,20,24H,1-5,14H2,(H,25,26). The van der Waals surface area contributed by atoms with Crippen molar-refractivity contribution in [3.63, 3.8) is 0 Å². The zero-order valence-corrected chi connectivity index (χ0v) is 16.7. The Labute approximate surface area is 169 Å². The molecule has 2 aliphatic rings. The van der Waals surface area contributed by atoms with Crippen LogP contribution in [0.5, 0.6) is 0 Å². The van der Waals surface area contributed by atoms with Gasteiger partial charge in [-0.25, -0.2) is 4.72 Å². The molecule has 4 rings (SSSR count). The molecule has 2 atom stereocenters. The van der Waals surface area contributed by atoms with Crippen LogP contribution in [0.4, 0.5) is 0 Å². The number of carbonyl (C=O) groups is 1. The first-order valence-electron chi connectivity index (χ1n) is 9.62. The normalized spacial score (nSPS) is 25.3. The average Bonchev–Trinajstić information content (AvgIpc) is 3.44. The van der Waals surface area contributed by atoms with E-state index >= 15 is 0 Å². The van der Waals surface area contributed by atoms with Gasteiger partial charge in [-0.1, -0.05) is 68.0 Å². The fourth-order valence-electron chi connectivity index (χ4n) is 4.31. The minimum Gasteiger partial charge on any atom is -0.480 e. The summed E-state index contributed by atoms with van der Waals surface area (Å²) in [5, 5.41) is 10.5. The average molecular weight is 402 g/mol. The fraction of sp³-hybridized carbons (Fsp3) is 0.409. The van der Waals surface area contributed by atoms with E-state index in [-0.39, 0.29) is 5.92 Å². The molecule has 2 N–H and O–H groups in total. The lowest BCUT2D eigenvalue weighted by molar-refractivity contribution is -0.140. The summed E-state index contributed by atoms with van der Waals surface area (Å²) in [6.07, 6.45) is 6.91. The van der Waals surface area contributed by atoms with Crippen molar-refractivity contribution in [2.45, 2.75) is 49.0 Å². The van der Waals surface area contributed by atoms with Crippen molar-refractivity contribution >= 4 is 29.5 Å². The van der Waals surface area contributed by atoms with Gasteiger partial charge in [-0.3, -0.25) is 4.79 Å². The summed E-state index contributed by atoms with van der Waals surface area (Å²) in [7, 11) is 0. The SMILES string of the molecule is O=C(O)C1(NSc2ccc(-c3ccc(Cl)cc3)cc2)CC1C1CCCCC1. The first-order chi connectivity index (χ1) is 13.1. The molecule has 5 heteroatoms. The van der Waals surface area contributed by atoms with E-state index in [0.717, 1.165) is 27.5 Å². The van der Waals surface area contributed by atoms with Gasteiger partial charge in [-0.05, 0) is 65.6 Å². The third kappa shape index (κ3) is 4.03. The Balaban J connectivity index is 1.40. The fourth-order valence-corrected chi connectivity index (χ4v) is 5.33. The van der Waals surface area contributed by atoms with Crippen LogP contribution in [-0.2, 0) is 4.79 Å². The molecule has 0 aliphatic heterocycles. The van der Waals surface area contributed by atoms with E-state index in [1.54, 1.807) is 0 Å². The van der Waals surface area contributed by atoms with Crippen molar-refractivity contribution < 1.29 is 9.90 Å². The number of halogens is 1. The summed E-state index contributed by atoms with van der Waals surface area (Å²) in [4.78, 5) is 13.0. The number of aliphatic carboxylic acids is 1. The van der Waals surface area contributed by atoms with E-state index in [2.05, 4.69) is 16.9 Å². The molecule has 2 fully saturated rings. The van der Waals surface area contributed by atoms with Gasteiger partial charge < -0.3 is 5.11 Å². The first kappa shape index (κ1) is 18.9. The summed E-state index contributed by atoms with van der Waals surface area (Å²) in [6.45, 7) is 0. The van der Waals surface area contributed by atoms with Crippen LogP contribution in [0, 0.1) is 11.8 Å². The van der Waals surface area contributed by atoms with Crippen LogP contribution < -0.4 is 4.72 Å². The molecule has 2 aromatic rings. The lowest BCUT2D eigenvalue weighted by Crippen LogP contribution is -2.38. The molecule has 0 amide bonds. The summed E-state index contributed by atoms with van der Waals surface area (Å²) in [5.41, 5.74) is 1.49. The minimum absolute atomic E-state index is 0.274. The van der Waals surface area contributed by atoms with E-state index in [1.807, 2.05) is 36.4 Å².